The molecule has 2 unspecified atom stereocenters. The standard InChI is InChI=1S/C13H17F3N2O2.ClH/c1-20-8-10(17)12(19)18-11(7-13(14,15)16)9-5-3-2-4-6-9;/h2-6,10-11H,7-8,17H2,1H3,(H,18,19);1H. The number of methoxy groups -OCH3 is 1. The maximum absolute atomic E-state index is 12.6. The van der Waals surface area contributed by atoms with Gasteiger partial charge in [0.05, 0.1) is 19.1 Å². The molecule has 0 bridgehead atoms. The summed E-state index contributed by atoms with van der Waals surface area (Å²) in [7, 11) is 1.36. The molecule has 120 valence electrons. The predicted octanol–water partition coefficient (Wildman–Crippen LogP) is 2.19. The number of benzene rings is 1. The van der Waals surface area contributed by atoms with Crippen LogP contribution in [0.2, 0.25) is 0 Å². The van der Waals surface area contributed by atoms with Crippen molar-refractivity contribution in [2.75, 3.05) is 13.7 Å². The van der Waals surface area contributed by atoms with Crippen molar-refractivity contribution in [3.8, 4) is 0 Å². The molecule has 4 nitrogen and oxygen atoms in total. The van der Waals surface area contributed by atoms with Crippen LogP contribution in [0.1, 0.15) is 18.0 Å². The van der Waals surface area contributed by atoms with E-state index in [9.17, 15) is 18.0 Å². The maximum Gasteiger partial charge on any atom is 0.391 e. The van der Waals surface area contributed by atoms with E-state index in [-0.39, 0.29) is 19.0 Å². The lowest BCUT2D eigenvalue weighted by molar-refractivity contribution is -0.143. The third-order valence-corrected chi connectivity index (χ3v) is 2.64. The second-order valence-electron chi connectivity index (χ2n) is 4.35. The zero-order valence-electron chi connectivity index (χ0n) is 11.4. The molecule has 1 aromatic carbocycles. The number of carbonyl (C=O) groups is 1. The van der Waals surface area contributed by atoms with E-state index < -0.39 is 30.6 Å². The van der Waals surface area contributed by atoms with Gasteiger partial charge in [-0.2, -0.15) is 13.2 Å². The van der Waals surface area contributed by atoms with Gasteiger partial charge in [0, 0.05) is 7.11 Å². The van der Waals surface area contributed by atoms with E-state index in [1.807, 2.05) is 0 Å². The molecule has 0 saturated heterocycles. The molecule has 0 radical (unpaired) electrons. The molecular weight excluding hydrogens is 309 g/mol. The summed E-state index contributed by atoms with van der Waals surface area (Å²) in [6.45, 7) is -0.0562. The fraction of sp³-hybridized carbons (Fsp3) is 0.462. The summed E-state index contributed by atoms with van der Waals surface area (Å²) < 4.78 is 42.5. The second-order valence-corrected chi connectivity index (χ2v) is 4.35. The van der Waals surface area contributed by atoms with Gasteiger partial charge >= 0.3 is 6.18 Å². The van der Waals surface area contributed by atoms with E-state index in [2.05, 4.69) is 5.32 Å². The number of nitrogens with two attached hydrogens (primary N) is 1. The lowest BCUT2D eigenvalue weighted by atomic mass is 10.0. The van der Waals surface area contributed by atoms with Crippen LogP contribution in [0.25, 0.3) is 0 Å². The van der Waals surface area contributed by atoms with Crippen LogP contribution in [-0.4, -0.2) is 31.8 Å². The first-order chi connectivity index (χ1) is 9.33. The Kier molecular flexibility index (Phi) is 8.31. The van der Waals surface area contributed by atoms with Crippen molar-refractivity contribution >= 4 is 18.3 Å². The number of rotatable bonds is 6. The number of hydrogen-bond donors (Lipinski definition) is 2. The first-order valence-electron chi connectivity index (χ1n) is 6.00. The zero-order valence-corrected chi connectivity index (χ0v) is 12.2. The number of amides is 1. The van der Waals surface area contributed by atoms with Crippen LogP contribution in [-0.2, 0) is 9.53 Å². The van der Waals surface area contributed by atoms with Crippen molar-refractivity contribution in [3.63, 3.8) is 0 Å². The monoisotopic (exact) mass is 326 g/mol. The first-order valence-corrected chi connectivity index (χ1v) is 6.00. The Bertz CT molecular complexity index is 429. The van der Waals surface area contributed by atoms with E-state index in [0.717, 1.165) is 0 Å². The summed E-state index contributed by atoms with van der Waals surface area (Å²) in [5.74, 6) is -0.676. The highest BCUT2D eigenvalue weighted by Gasteiger charge is 2.34. The third kappa shape index (κ3) is 7.31. The van der Waals surface area contributed by atoms with Crippen molar-refractivity contribution in [3.05, 3.63) is 35.9 Å². The van der Waals surface area contributed by atoms with Crippen molar-refractivity contribution in [2.45, 2.75) is 24.7 Å². The molecule has 21 heavy (non-hydrogen) atoms. The summed E-state index contributed by atoms with van der Waals surface area (Å²) in [6.07, 6.45) is -5.54. The molecular formula is C13H18ClF3N2O2. The number of hydrogen-bond acceptors (Lipinski definition) is 3. The molecule has 0 aliphatic carbocycles. The molecule has 0 aliphatic rings. The van der Waals surface area contributed by atoms with Gasteiger partial charge in [-0.1, -0.05) is 30.3 Å². The quantitative estimate of drug-likeness (QED) is 0.842. The average Bonchev–Trinajstić information content (AvgIpc) is 2.37. The highest BCUT2D eigenvalue weighted by Crippen LogP contribution is 2.29. The summed E-state index contributed by atoms with van der Waals surface area (Å²) in [5, 5.41) is 2.31. The maximum atomic E-state index is 12.6. The molecule has 3 N–H and O–H groups in total. The zero-order chi connectivity index (χ0) is 15.2. The van der Waals surface area contributed by atoms with Crippen molar-refractivity contribution in [2.24, 2.45) is 5.73 Å². The smallest absolute Gasteiger partial charge is 0.383 e. The summed E-state index contributed by atoms with van der Waals surface area (Å²) in [6, 6.07) is 5.80. The van der Waals surface area contributed by atoms with Crippen LogP contribution in [0.4, 0.5) is 13.2 Å². The van der Waals surface area contributed by atoms with Crippen LogP contribution in [0.15, 0.2) is 30.3 Å². The number of nitrogens with one attached hydrogen (secondary N) is 1. The Morgan fingerprint density at radius 2 is 1.90 bits per heavy atom. The van der Waals surface area contributed by atoms with Gasteiger partial charge in [0.1, 0.15) is 6.04 Å². The van der Waals surface area contributed by atoms with Crippen molar-refractivity contribution < 1.29 is 22.7 Å². The van der Waals surface area contributed by atoms with Gasteiger partial charge in [0.2, 0.25) is 5.91 Å². The molecule has 0 aliphatic heterocycles. The molecule has 0 heterocycles. The van der Waals surface area contributed by atoms with Crippen LogP contribution < -0.4 is 11.1 Å². The normalized spacial score (nSPS) is 14.0. The largest absolute Gasteiger partial charge is 0.391 e. The summed E-state index contributed by atoms with van der Waals surface area (Å²) in [4.78, 5) is 11.7. The fourth-order valence-electron chi connectivity index (χ4n) is 1.70. The predicted molar refractivity (Wildman–Crippen MR) is 75.1 cm³/mol. The third-order valence-electron chi connectivity index (χ3n) is 2.64. The SMILES string of the molecule is COCC(N)C(=O)NC(CC(F)(F)F)c1ccccc1.Cl. The minimum absolute atomic E-state index is 0. The van der Waals surface area contributed by atoms with Crippen molar-refractivity contribution in [1.29, 1.82) is 0 Å². The van der Waals surface area contributed by atoms with E-state index in [1.165, 1.54) is 19.2 Å². The molecule has 0 aromatic heterocycles. The van der Waals surface area contributed by atoms with Gasteiger partial charge in [-0.25, -0.2) is 0 Å². The Morgan fingerprint density at radius 1 is 1.33 bits per heavy atom. The van der Waals surface area contributed by atoms with Crippen LogP contribution in [0.3, 0.4) is 0 Å². The van der Waals surface area contributed by atoms with E-state index in [0.29, 0.717) is 5.56 Å². The number of carbonyl (C=O) groups excluding carboxylic acids is 1. The number of ether oxygens (including phenoxy) is 1. The second kappa shape index (κ2) is 8.86. The Hall–Kier alpha value is -1.31. The van der Waals surface area contributed by atoms with Gasteiger partial charge in [0.15, 0.2) is 0 Å². The van der Waals surface area contributed by atoms with Gasteiger partial charge in [-0.05, 0) is 5.56 Å². The lowest BCUT2D eigenvalue weighted by Gasteiger charge is -2.22. The van der Waals surface area contributed by atoms with Crippen LogP contribution in [0, 0.1) is 0 Å². The Morgan fingerprint density at radius 3 is 2.38 bits per heavy atom. The lowest BCUT2D eigenvalue weighted by Crippen LogP contribution is -2.45. The molecule has 1 rings (SSSR count). The van der Waals surface area contributed by atoms with E-state index in [4.69, 9.17) is 10.5 Å². The summed E-state index contributed by atoms with van der Waals surface area (Å²) >= 11 is 0. The molecule has 0 spiro atoms. The minimum atomic E-state index is -4.39. The summed E-state index contributed by atoms with van der Waals surface area (Å²) in [5.41, 5.74) is 5.88. The van der Waals surface area contributed by atoms with E-state index in [1.54, 1.807) is 18.2 Å². The molecule has 0 fully saturated rings. The molecule has 1 amide bonds. The van der Waals surface area contributed by atoms with Gasteiger partial charge in [-0.15, -0.1) is 12.4 Å². The van der Waals surface area contributed by atoms with Crippen LogP contribution in [0.5, 0.6) is 0 Å². The Labute approximate surface area is 127 Å². The number of alkyl halides is 3. The molecule has 0 saturated carbocycles. The highest BCUT2D eigenvalue weighted by atomic mass is 35.5. The molecule has 2 atom stereocenters. The molecule has 1 aromatic rings. The first kappa shape index (κ1) is 19.7. The average molecular weight is 327 g/mol. The highest BCUT2D eigenvalue weighted by molar-refractivity contribution is 5.85. The van der Waals surface area contributed by atoms with Crippen LogP contribution >= 0.6 is 12.4 Å². The number of halogens is 4. The van der Waals surface area contributed by atoms with Crippen molar-refractivity contribution in [1.82, 2.24) is 5.32 Å². The molecule has 8 heteroatoms. The van der Waals surface area contributed by atoms with E-state index >= 15 is 0 Å². The Balaban J connectivity index is 0.00000400. The topological polar surface area (TPSA) is 64.3 Å². The van der Waals surface area contributed by atoms with Gasteiger partial charge in [0.25, 0.3) is 0 Å². The van der Waals surface area contributed by atoms with Gasteiger partial charge < -0.3 is 15.8 Å². The minimum Gasteiger partial charge on any atom is -0.383 e. The van der Waals surface area contributed by atoms with Gasteiger partial charge in [-0.3, -0.25) is 4.79 Å². The fourth-order valence-corrected chi connectivity index (χ4v) is 1.70.